The van der Waals surface area contributed by atoms with Crippen molar-refractivity contribution < 1.29 is 14.3 Å². The SMILES string of the molecule is O=C(Nc1ccccc1N1CCCCCC1)C1COc2ccccc2O1. The Kier molecular flexibility index (Phi) is 4.95. The maximum Gasteiger partial charge on any atom is 0.269 e. The van der Waals surface area contributed by atoms with Gasteiger partial charge in [-0.2, -0.15) is 0 Å². The predicted molar refractivity (Wildman–Crippen MR) is 102 cm³/mol. The number of nitrogens with one attached hydrogen (secondary N) is 1. The van der Waals surface area contributed by atoms with Gasteiger partial charge in [0.2, 0.25) is 6.10 Å². The molecule has 5 heteroatoms. The number of rotatable bonds is 3. The van der Waals surface area contributed by atoms with Crippen LogP contribution in [0.1, 0.15) is 25.7 Å². The summed E-state index contributed by atoms with van der Waals surface area (Å²) in [6.45, 7) is 2.28. The topological polar surface area (TPSA) is 50.8 Å². The molecule has 0 bridgehead atoms. The number of nitrogens with zero attached hydrogens (tertiary/aromatic N) is 1. The second kappa shape index (κ2) is 7.68. The average Bonchev–Trinajstić information content (AvgIpc) is 2.97. The van der Waals surface area contributed by atoms with Gasteiger partial charge in [-0.05, 0) is 37.1 Å². The Morgan fingerprint density at radius 1 is 0.923 bits per heavy atom. The summed E-state index contributed by atoms with van der Waals surface area (Å²) in [5.74, 6) is 1.11. The number of carbonyl (C=O) groups is 1. The van der Waals surface area contributed by atoms with Crippen LogP contribution in [0.25, 0.3) is 0 Å². The Balaban J connectivity index is 1.48. The van der Waals surface area contributed by atoms with Gasteiger partial charge in [-0.1, -0.05) is 37.1 Å². The molecule has 0 aromatic heterocycles. The quantitative estimate of drug-likeness (QED) is 0.912. The van der Waals surface area contributed by atoms with Crippen LogP contribution in [-0.2, 0) is 4.79 Å². The van der Waals surface area contributed by atoms with Crippen molar-refractivity contribution in [3.8, 4) is 11.5 Å². The minimum atomic E-state index is -0.651. The summed E-state index contributed by atoms with van der Waals surface area (Å²) in [5, 5.41) is 3.04. The molecule has 2 heterocycles. The fraction of sp³-hybridized carbons (Fsp3) is 0.381. The zero-order valence-corrected chi connectivity index (χ0v) is 14.8. The average molecular weight is 352 g/mol. The van der Waals surface area contributed by atoms with Crippen LogP contribution in [0, 0.1) is 0 Å². The van der Waals surface area contributed by atoms with Gasteiger partial charge in [0.1, 0.15) is 6.61 Å². The summed E-state index contributed by atoms with van der Waals surface area (Å²) >= 11 is 0. The molecule has 0 spiro atoms. The Morgan fingerprint density at radius 3 is 2.42 bits per heavy atom. The van der Waals surface area contributed by atoms with E-state index in [1.165, 1.54) is 25.7 Å². The van der Waals surface area contributed by atoms with E-state index in [4.69, 9.17) is 9.47 Å². The molecule has 1 atom stereocenters. The van der Waals surface area contributed by atoms with Crippen molar-refractivity contribution in [2.75, 3.05) is 29.9 Å². The van der Waals surface area contributed by atoms with E-state index < -0.39 is 6.10 Å². The number of ether oxygens (including phenoxy) is 2. The van der Waals surface area contributed by atoms with Gasteiger partial charge in [0.15, 0.2) is 11.5 Å². The second-order valence-corrected chi connectivity index (χ2v) is 6.77. The van der Waals surface area contributed by atoms with Gasteiger partial charge in [0.05, 0.1) is 11.4 Å². The van der Waals surface area contributed by atoms with Crippen molar-refractivity contribution in [3.63, 3.8) is 0 Å². The van der Waals surface area contributed by atoms with Crippen LogP contribution in [0.3, 0.4) is 0 Å². The molecule has 5 nitrogen and oxygen atoms in total. The third kappa shape index (κ3) is 3.62. The number of fused-ring (bicyclic) bond motifs is 1. The highest BCUT2D eigenvalue weighted by molar-refractivity contribution is 5.97. The Bertz CT molecular complexity index is 769. The first kappa shape index (κ1) is 16.8. The highest BCUT2D eigenvalue weighted by Crippen LogP contribution is 2.32. The number of amides is 1. The summed E-state index contributed by atoms with van der Waals surface area (Å²) in [5.41, 5.74) is 1.92. The maximum absolute atomic E-state index is 12.7. The molecular weight excluding hydrogens is 328 g/mol. The highest BCUT2D eigenvalue weighted by atomic mass is 16.6. The van der Waals surface area contributed by atoms with Crippen LogP contribution >= 0.6 is 0 Å². The second-order valence-electron chi connectivity index (χ2n) is 6.77. The van der Waals surface area contributed by atoms with E-state index in [-0.39, 0.29) is 12.5 Å². The van der Waals surface area contributed by atoms with Gasteiger partial charge in [0.25, 0.3) is 5.91 Å². The van der Waals surface area contributed by atoms with Gasteiger partial charge >= 0.3 is 0 Å². The first-order chi connectivity index (χ1) is 12.8. The van der Waals surface area contributed by atoms with Crippen LogP contribution in [0.15, 0.2) is 48.5 Å². The fourth-order valence-corrected chi connectivity index (χ4v) is 3.53. The maximum atomic E-state index is 12.7. The number of benzene rings is 2. The lowest BCUT2D eigenvalue weighted by molar-refractivity contribution is -0.125. The van der Waals surface area contributed by atoms with Gasteiger partial charge in [-0.25, -0.2) is 0 Å². The third-order valence-electron chi connectivity index (χ3n) is 4.91. The predicted octanol–water partition coefficient (Wildman–Crippen LogP) is 3.85. The molecule has 0 aliphatic carbocycles. The summed E-state index contributed by atoms with van der Waals surface area (Å²) in [6.07, 6.45) is 4.29. The minimum absolute atomic E-state index is 0.179. The summed E-state index contributed by atoms with van der Waals surface area (Å²) in [6, 6.07) is 15.4. The van der Waals surface area contributed by atoms with Crippen LogP contribution in [0.4, 0.5) is 11.4 Å². The number of para-hydroxylation sites is 4. The van der Waals surface area contributed by atoms with Gasteiger partial charge in [0, 0.05) is 13.1 Å². The molecule has 26 heavy (non-hydrogen) atoms. The normalized spacial score (nSPS) is 19.5. The van der Waals surface area contributed by atoms with Crippen molar-refractivity contribution >= 4 is 17.3 Å². The molecule has 2 aromatic carbocycles. The van der Waals surface area contributed by atoms with Crippen LogP contribution in [0.2, 0.25) is 0 Å². The molecule has 1 amide bonds. The van der Waals surface area contributed by atoms with Crippen LogP contribution in [0.5, 0.6) is 11.5 Å². The van der Waals surface area contributed by atoms with Crippen molar-refractivity contribution in [1.29, 1.82) is 0 Å². The van der Waals surface area contributed by atoms with E-state index in [2.05, 4.69) is 16.3 Å². The molecule has 1 unspecified atom stereocenters. The van der Waals surface area contributed by atoms with Gasteiger partial charge in [-0.3, -0.25) is 4.79 Å². The molecule has 136 valence electrons. The lowest BCUT2D eigenvalue weighted by atomic mass is 10.2. The third-order valence-corrected chi connectivity index (χ3v) is 4.91. The van der Waals surface area contributed by atoms with E-state index in [0.717, 1.165) is 24.5 Å². The Labute approximate surface area is 153 Å². The standard InChI is InChI=1S/C21H24N2O3/c24-21(20-15-25-18-11-5-6-12-19(18)26-20)22-16-9-3-4-10-17(16)23-13-7-1-2-8-14-23/h3-6,9-12,20H,1-2,7-8,13-15H2,(H,22,24). The van der Waals surface area contributed by atoms with E-state index in [1.54, 1.807) is 0 Å². The first-order valence-electron chi connectivity index (χ1n) is 9.34. The van der Waals surface area contributed by atoms with E-state index in [9.17, 15) is 4.79 Å². The van der Waals surface area contributed by atoms with E-state index in [0.29, 0.717) is 11.5 Å². The smallest absolute Gasteiger partial charge is 0.269 e. The molecule has 2 aliphatic heterocycles. The summed E-state index contributed by atoms with van der Waals surface area (Å²) < 4.78 is 11.5. The lowest BCUT2D eigenvalue weighted by Gasteiger charge is -2.28. The molecule has 2 aromatic rings. The van der Waals surface area contributed by atoms with Crippen molar-refractivity contribution in [3.05, 3.63) is 48.5 Å². The molecule has 0 saturated carbocycles. The van der Waals surface area contributed by atoms with Crippen LogP contribution < -0.4 is 19.7 Å². The molecule has 2 aliphatic rings. The monoisotopic (exact) mass is 352 g/mol. The molecular formula is C21H24N2O3. The molecule has 0 radical (unpaired) electrons. The highest BCUT2D eigenvalue weighted by Gasteiger charge is 2.28. The molecule has 1 fully saturated rings. The number of hydrogen-bond donors (Lipinski definition) is 1. The summed E-state index contributed by atoms with van der Waals surface area (Å²) in [7, 11) is 0. The molecule has 1 saturated heterocycles. The minimum Gasteiger partial charge on any atom is -0.485 e. The first-order valence-corrected chi connectivity index (χ1v) is 9.34. The number of carbonyl (C=O) groups excluding carboxylic acids is 1. The fourth-order valence-electron chi connectivity index (χ4n) is 3.53. The van der Waals surface area contributed by atoms with Crippen molar-refractivity contribution in [2.24, 2.45) is 0 Å². The number of hydrogen-bond acceptors (Lipinski definition) is 4. The zero-order valence-electron chi connectivity index (χ0n) is 14.8. The van der Waals surface area contributed by atoms with Crippen molar-refractivity contribution in [2.45, 2.75) is 31.8 Å². The Morgan fingerprint density at radius 2 is 1.62 bits per heavy atom. The van der Waals surface area contributed by atoms with Gasteiger partial charge < -0.3 is 19.7 Å². The summed E-state index contributed by atoms with van der Waals surface area (Å²) in [4.78, 5) is 15.1. The molecule has 1 N–H and O–H groups in total. The van der Waals surface area contributed by atoms with Crippen molar-refractivity contribution in [1.82, 2.24) is 0 Å². The Hall–Kier alpha value is -2.69. The van der Waals surface area contributed by atoms with E-state index in [1.807, 2.05) is 42.5 Å². The lowest BCUT2D eigenvalue weighted by Crippen LogP contribution is -2.40. The largest absolute Gasteiger partial charge is 0.485 e. The zero-order chi connectivity index (χ0) is 17.8. The molecule has 4 rings (SSSR count). The number of anilines is 2. The van der Waals surface area contributed by atoms with Crippen LogP contribution in [-0.4, -0.2) is 31.7 Å². The van der Waals surface area contributed by atoms with E-state index >= 15 is 0 Å². The van der Waals surface area contributed by atoms with Gasteiger partial charge in [-0.15, -0.1) is 0 Å².